The first-order valence-corrected chi connectivity index (χ1v) is 6.72. The number of fused-ring (bicyclic) bond motifs is 1. The van der Waals surface area contributed by atoms with Gasteiger partial charge in [-0.05, 0) is 45.9 Å². The van der Waals surface area contributed by atoms with Crippen molar-refractivity contribution in [3.8, 4) is 5.75 Å². The van der Waals surface area contributed by atoms with E-state index in [0.717, 1.165) is 5.69 Å². The van der Waals surface area contributed by atoms with Crippen LogP contribution in [0.3, 0.4) is 0 Å². The zero-order valence-corrected chi connectivity index (χ0v) is 12.9. The maximum Gasteiger partial charge on any atom is 0.419 e. The van der Waals surface area contributed by atoms with Crippen molar-refractivity contribution in [3.63, 3.8) is 0 Å². The number of rotatable bonds is 1. The quantitative estimate of drug-likeness (QED) is 0.594. The molecule has 0 fully saturated rings. The van der Waals surface area contributed by atoms with Gasteiger partial charge in [-0.3, -0.25) is 4.79 Å². The highest BCUT2D eigenvalue weighted by Crippen LogP contribution is 2.29. The number of hydrogen-bond donors (Lipinski definition) is 0. The summed E-state index contributed by atoms with van der Waals surface area (Å²) in [5.74, 6) is 0.0376. The Morgan fingerprint density at radius 1 is 1.19 bits per heavy atom. The minimum Gasteiger partial charge on any atom is -0.443 e. The number of ether oxygens (including phenoxy) is 2. The maximum atomic E-state index is 12.3. The van der Waals surface area contributed by atoms with Crippen LogP contribution in [0.2, 0.25) is 0 Å². The first kappa shape index (κ1) is 15.1. The van der Waals surface area contributed by atoms with Crippen LogP contribution in [0.25, 0.3) is 10.9 Å². The average molecular weight is 289 g/mol. The Hall–Kier alpha value is -2.30. The summed E-state index contributed by atoms with van der Waals surface area (Å²) in [5, 5.41) is 0.705. The number of carbonyl (C=O) groups excluding carboxylic acids is 2. The summed E-state index contributed by atoms with van der Waals surface area (Å²) in [5.41, 5.74) is 0.799. The van der Waals surface area contributed by atoms with Gasteiger partial charge < -0.3 is 9.47 Å². The molecule has 0 aliphatic rings. The Morgan fingerprint density at radius 2 is 1.86 bits per heavy atom. The van der Waals surface area contributed by atoms with Crippen LogP contribution in [-0.2, 0) is 9.53 Å². The molecule has 112 valence electrons. The molecule has 0 N–H and O–H groups in total. The van der Waals surface area contributed by atoms with Crippen molar-refractivity contribution in [2.45, 2.75) is 40.2 Å². The second-order valence-electron chi connectivity index (χ2n) is 5.88. The molecule has 0 amide bonds. The molecule has 1 aromatic carbocycles. The van der Waals surface area contributed by atoms with Gasteiger partial charge in [0.2, 0.25) is 0 Å². The highest BCUT2D eigenvalue weighted by molar-refractivity contribution is 5.95. The molecule has 5 heteroatoms. The maximum absolute atomic E-state index is 12.3. The van der Waals surface area contributed by atoms with E-state index in [1.54, 1.807) is 24.3 Å². The van der Waals surface area contributed by atoms with Crippen molar-refractivity contribution in [1.82, 2.24) is 4.57 Å². The third-order valence-electron chi connectivity index (χ3n) is 2.82. The molecule has 0 aliphatic carbocycles. The lowest BCUT2D eigenvalue weighted by Gasteiger charge is -2.20. The molecule has 5 nitrogen and oxygen atoms in total. The summed E-state index contributed by atoms with van der Waals surface area (Å²) in [6.45, 7) is 8.60. The fourth-order valence-electron chi connectivity index (χ4n) is 2.13. The summed E-state index contributed by atoms with van der Waals surface area (Å²) >= 11 is 0. The normalized spacial score (nSPS) is 11.5. The van der Waals surface area contributed by atoms with E-state index in [4.69, 9.17) is 9.47 Å². The molecule has 1 aromatic heterocycles. The lowest BCUT2D eigenvalue weighted by Crippen LogP contribution is -2.27. The molecule has 0 saturated carbocycles. The summed E-state index contributed by atoms with van der Waals surface area (Å²) in [6.07, 6.45) is -0.449. The van der Waals surface area contributed by atoms with Crippen molar-refractivity contribution in [1.29, 1.82) is 0 Å². The lowest BCUT2D eigenvalue weighted by atomic mass is 10.2. The van der Waals surface area contributed by atoms with E-state index < -0.39 is 17.7 Å². The van der Waals surface area contributed by atoms with E-state index in [1.807, 2.05) is 27.7 Å². The monoisotopic (exact) mass is 289 g/mol. The van der Waals surface area contributed by atoms with E-state index in [0.29, 0.717) is 16.7 Å². The van der Waals surface area contributed by atoms with Gasteiger partial charge in [0.15, 0.2) is 0 Å². The highest BCUT2D eigenvalue weighted by Gasteiger charge is 2.21. The third kappa shape index (κ3) is 3.24. The van der Waals surface area contributed by atoms with Crippen LogP contribution in [-0.4, -0.2) is 22.2 Å². The number of nitrogens with zero attached hydrogens (tertiary/aromatic N) is 1. The molecule has 1 heterocycles. The van der Waals surface area contributed by atoms with Crippen molar-refractivity contribution in [2.24, 2.45) is 0 Å². The Kier molecular flexibility index (Phi) is 3.77. The van der Waals surface area contributed by atoms with Crippen LogP contribution in [0.15, 0.2) is 24.3 Å². The van der Waals surface area contributed by atoms with Crippen molar-refractivity contribution in [3.05, 3.63) is 30.0 Å². The molecule has 2 rings (SSSR count). The topological polar surface area (TPSA) is 57.5 Å². The van der Waals surface area contributed by atoms with Gasteiger partial charge in [-0.15, -0.1) is 0 Å². The molecule has 0 atom stereocenters. The Balaban J connectivity index is 2.53. The average Bonchev–Trinajstić information content (AvgIpc) is 2.63. The van der Waals surface area contributed by atoms with Gasteiger partial charge in [0.1, 0.15) is 11.4 Å². The van der Waals surface area contributed by atoms with Gasteiger partial charge in [-0.1, -0.05) is 6.07 Å². The van der Waals surface area contributed by atoms with Crippen molar-refractivity contribution < 1.29 is 19.1 Å². The van der Waals surface area contributed by atoms with Crippen LogP contribution >= 0.6 is 0 Å². The fraction of sp³-hybridized carbons (Fsp3) is 0.375. The number of aromatic nitrogens is 1. The predicted octanol–water partition coefficient (Wildman–Crippen LogP) is 3.66. The molecule has 21 heavy (non-hydrogen) atoms. The first-order valence-electron chi connectivity index (χ1n) is 6.72. The number of benzene rings is 1. The third-order valence-corrected chi connectivity index (χ3v) is 2.82. The minimum absolute atomic E-state index is 0.398. The van der Waals surface area contributed by atoms with Gasteiger partial charge in [0.25, 0.3) is 0 Å². The van der Waals surface area contributed by atoms with Crippen LogP contribution in [0.1, 0.15) is 33.4 Å². The summed E-state index contributed by atoms with van der Waals surface area (Å²) in [6, 6.07) is 7.03. The molecule has 0 saturated heterocycles. The Bertz CT molecular complexity index is 707. The smallest absolute Gasteiger partial charge is 0.419 e. The van der Waals surface area contributed by atoms with Gasteiger partial charge in [0, 0.05) is 18.0 Å². The molecule has 0 bridgehead atoms. The number of hydrogen-bond acceptors (Lipinski definition) is 4. The van der Waals surface area contributed by atoms with Crippen LogP contribution in [0, 0.1) is 6.92 Å². The molecule has 0 radical (unpaired) electrons. The van der Waals surface area contributed by atoms with Gasteiger partial charge in [-0.2, -0.15) is 0 Å². The van der Waals surface area contributed by atoms with Crippen molar-refractivity contribution in [2.75, 3.05) is 0 Å². The SMILES string of the molecule is CC(=O)Oc1cccc2c1cc(C)n2C(=O)OC(C)(C)C. The largest absolute Gasteiger partial charge is 0.443 e. The number of aryl methyl sites for hydroxylation is 1. The Labute approximate surface area is 123 Å². The van der Waals surface area contributed by atoms with E-state index >= 15 is 0 Å². The van der Waals surface area contributed by atoms with E-state index in [1.165, 1.54) is 11.5 Å². The van der Waals surface area contributed by atoms with Crippen LogP contribution < -0.4 is 4.74 Å². The molecular weight excluding hydrogens is 270 g/mol. The molecule has 2 aromatic rings. The Morgan fingerprint density at radius 3 is 2.43 bits per heavy atom. The van der Waals surface area contributed by atoms with E-state index in [-0.39, 0.29) is 0 Å². The van der Waals surface area contributed by atoms with E-state index in [9.17, 15) is 9.59 Å². The number of carbonyl (C=O) groups is 2. The lowest BCUT2D eigenvalue weighted by molar-refractivity contribution is -0.131. The highest BCUT2D eigenvalue weighted by atomic mass is 16.6. The molecule has 0 aliphatic heterocycles. The summed E-state index contributed by atoms with van der Waals surface area (Å²) in [4.78, 5) is 23.5. The fourth-order valence-corrected chi connectivity index (χ4v) is 2.13. The standard InChI is InChI=1S/C16H19NO4/c1-10-9-12-13(7-6-8-14(12)20-11(2)18)17(10)15(19)21-16(3,4)5/h6-9H,1-5H3. The van der Waals surface area contributed by atoms with E-state index in [2.05, 4.69) is 0 Å². The zero-order valence-electron chi connectivity index (χ0n) is 12.9. The van der Waals surface area contributed by atoms with Crippen LogP contribution in [0.5, 0.6) is 5.75 Å². The van der Waals surface area contributed by atoms with Gasteiger partial charge >= 0.3 is 12.1 Å². The van der Waals surface area contributed by atoms with Crippen molar-refractivity contribution >= 4 is 23.0 Å². The molecule has 0 unspecified atom stereocenters. The molecular formula is C16H19NO4. The minimum atomic E-state index is -0.576. The second-order valence-corrected chi connectivity index (χ2v) is 5.88. The summed E-state index contributed by atoms with van der Waals surface area (Å²) < 4.78 is 12.1. The first-order chi connectivity index (χ1) is 9.69. The second kappa shape index (κ2) is 5.24. The van der Waals surface area contributed by atoms with Crippen LogP contribution in [0.4, 0.5) is 4.79 Å². The summed E-state index contributed by atoms with van der Waals surface area (Å²) in [7, 11) is 0. The van der Waals surface area contributed by atoms with Gasteiger partial charge in [-0.25, -0.2) is 9.36 Å². The zero-order chi connectivity index (χ0) is 15.8. The van der Waals surface area contributed by atoms with Gasteiger partial charge in [0.05, 0.1) is 5.52 Å². The molecule has 0 spiro atoms. The predicted molar refractivity (Wildman–Crippen MR) is 79.6 cm³/mol. The number of esters is 1.